The molecule has 5 aromatic rings. The van der Waals surface area contributed by atoms with E-state index in [1.165, 1.54) is 11.1 Å². The third-order valence-electron chi connectivity index (χ3n) is 6.21. The summed E-state index contributed by atoms with van der Waals surface area (Å²) in [4.78, 5) is 15.3. The quantitative estimate of drug-likeness (QED) is 0.0888. The number of aromatic nitrogens is 1. The lowest BCUT2D eigenvalue weighted by Crippen LogP contribution is -2.10. The molecule has 0 bridgehead atoms. The molecule has 0 saturated carbocycles. The van der Waals surface area contributed by atoms with E-state index in [0.29, 0.717) is 17.1 Å². The van der Waals surface area contributed by atoms with Gasteiger partial charge in [0.2, 0.25) is 5.89 Å². The summed E-state index contributed by atoms with van der Waals surface area (Å²) in [6.07, 6.45) is 0. The van der Waals surface area contributed by atoms with Crippen molar-refractivity contribution < 1.29 is 14.3 Å². The van der Waals surface area contributed by atoms with Crippen LogP contribution in [0.4, 0.5) is 5.69 Å². The molecule has 0 radical (unpaired) electrons. The van der Waals surface area contributed by atoms with E-state index in [1.807, 2.05) is 36.4 Å². The Kier molecular flexibility index (Phi) is 13.1. The second-order valence-electron chi connectivity index (χ2n) is 11.7. The van der Waals surface area contributed by atoms with Gasteiger partial charge in [0.15, 0.2) is 5.58 Å². The molecule has 0 atom stereocenters. The summed E-state index contributed by atoms with van der Waals surface area (Å²) in [5, 5.41) is 8.39. The van der Waals surface area contributed by atoms with Crippen LogP contribution in [-0.4, -0.2) is 22.4 Å². The smallest absolute Gasteiger partial charge is 0.252 e. The van der Waals surface area contributed by atoms with Crippen molar-refractivity contribution in [3.8, 4) is 17.2 Å². The predicted molar refractivity (Wildman–Crippen MR) is 183 cm³/mol. The van der Waals surface area contributed by atoms with Gasteiger partial charge in [-0.2, -0.15) is 0 Å². The molecule has 1 aromatic heterocycles. The molecule has 0 aliphatic rings. The van der Waals surface area contributed by atoms with Crippen LogP contribution in [0.5, 0.6) is 5.75 Å². The van der Waals surface area contributed by atoms with Crippen LogP contribution >= 0.6 is 20.6 Å². The highest BCUT2D eigenvalue weighted by molar-refractivity contribution is 7.03. The number of rotatable bonds is 2. The van der Waals surface area contributed by atoms with Gasteiger partial charge >= 0.3 is 0 Å². The summed E-state index contributed by atoms with van der Waals surface area (Å²) in [5.41, 5.74) is 11.8. The molecule has 0 aliphatic carbocycles. The molecule has 6 nitrogen and oxygen atoms in total. The summed E-state index contributed by atoms with van der Waals surface area (Å²) in [5.74, 6) is 0.828. The Morgan fingerprint density at radius 3 is 1.70 bits per heavy atom. The Labute approximate surface area is 262 Å². The Balaban J connectivity index is 0.000000233. The number of carbonyl (C=O) groups excluding carboxylic acids is 1. The summed E-state index contributed by atoms with van der Waals surface area (Å²) < 4.78 is 9.07. The summed E-state index contributed by atoms with van der Waals surface area (Å²) in [6.45, 7) is 13.0. The zero-order valence-corrected chi connectivity index (χ0v) is 27.6. The number of phenols is 1. The van der Waals surface area contributed by atoms with Crippen LogP contribution in [0.25, 0.3) is 22.6 Å². The fourth-order valence-corrected chi connectivity index (χ4v) is 3.82. The van der Waals surface area contributed by atoms with Crippen LogP contribution in [0.1, 0.15) is 63.0 Å². The van der Waals surface area contributed by atoms with Crippen molar-refractivity contribution in [3.05, 3.63) is 114 Å². The molecule has 43 heavy (non-hydrogen) atoms. The maximum Gasteiger partial charge on any atom is 0.252 e. The van der Waals surface area contributed by atoms with Gasteiger partial charge in [-0.05, 0) is 91.1 Å². The van der Waals surface area contributed by atoms with Gasteiger partial charge in [-0.25, -0.2) is 4.98 Å². The molecule has 1 heterocycles. The van der Waals surface area contributed by atoms with Crippen molar-refractivity contribution in [2.75, 3.05) is 12.8 Å². The first-order chi connectivity index (χ1) is 20.2. The molecule has 226 valence electrons. The number of anilines is 1. The van der Waals surface area contributed by atoms with E-state index >= 15 is 0 Å². The molecular formula is C35H41ClN3O3P. The van der Waals surface area contributed by atoms with E-state index in [9.17, 15) is 4.79 Å². The van der Waals surface area contributed by atoms with E-state index < -0.39 is 5.24 Å². The molecule has 0 fully saturated rings. The maximum atomic E-state index is 10.8. The number of nitrogens with zero attached hydrogens (tertiary/aromatic N) is 2. The fourth-order valence-electron chi connectivity index (χ4n) is 3.70. The Morgan fingerprint density at radius 2 is 1.28 bits per heavy atom. The molecule has 0 saturated heterocycles. The number of phenolic OH excluding ortho intramolecular Hbond substituents is 1. The number of nitrogens with two attached hydrogens (primary N) is 1. The van der Waals surface area contributed by atoms with Gasteiger partial charge in [0.1, 0.15) is 11.3 Å². The highest BCUT2D eigenvalue weighted by Gasteiger charge is 2.15. The number of hydrogen-bond donors (Lipinski definition) is 2. The number of oxazole rings is 1. The van der Waals surface area contributed by atoms with E-state index in [-0.39, 0.29) is 16.6 Å². The Hall–Kier alpha value is -3.99. The lowest BCUT2D eigenvalue weighted by molar-refractivity contribution is 0.108. The van der Waals surface area contributed by atoms with E-state index in [0.717, 1.165) is 16.7 Å². The molecule has 5 rings (SSSR count). The summed E-state index contributed by atoms with van der Waals surface area (Å²) in [6, 6.07) is 30.4. The first-order valence-corrected chi connectivity index (χ1v) is 14.6. The highest BCUT2D eigenvalue weighted by atomic mass is 35.5. The van der Waals surface area contributed by atoms with Crippen LogP contribution in [0.15, 0.2) is 106 Å². The van der Waals surface area contributed by atoms with Crippen molar-refractivity contribution in [3.63, 3.8) is 0 Å². The molecule has 0 spiro atoms. The lowest BCUT2D eigenvalue weighted by atomic mass is 9.87. The Bertz CT molecular complexity index is 1550. The highest BCUT2D eigenvalue weighted by Crippen LogP contribution is 2.28. The molecule has 0 aliphatic heterocycles. The van der Waals surface area contributed by atoms with Crippen LogP contribution in [0.3, 0.4) is 0 Å². The average molecular weight is 618 g/mol. The third-order valence-corrected chi connectivity index (χ3v) is 6.42. The average Bonchev–Trinajstić information content (AvgIpc) is 3.40. The van der Waals surface area contributed by atoms with Crippen molar-refractivity contribution >= 4 is 42.7 Å². The first kappa shape index (κ1) is 35.2. The van der Waals surface area contributed by atoms with Crippen LogP contribution in [0, 0.1) is 0 Å². The number of para-hydroxylation sites is 4. The van der Waals surface area contributed by atoms with Gasteiger partial charge < -0.3 is 15.3 Å². The van der Waals surface area contributed by atoms with Crippen molar-refractivity contribution in [2.24, 2.45) is 4.74 Å². The molecule has 3 N–H and O–H groups in total. The number of nitrogen functional groups attached to an aromatic ring is 1. The second-order valence-corrected chi connectivity index (χ2v) is 12.5. The topological polar surface area (TPSA) is 102 Å². The lowest BCUT2D eigenvalue weighted by Gasteiger charge is -2.18. The fraction of sp³-hybridized carbons (Fsp3) is 0.257. The number of hydrogen-bond acceptors (Lipinski definition) is 6. The van der Waals surface area contributed by atoms with Crippen molar-refractivity contribution in [1.82, 2.24) is 4.98 Å². The van der Waals surface area contributed by atoms with E-state index in [2.05, 4.69) is 84.6 Å². The normalized spacial score (nSPS) is 10.7. The largest absolute Gasteiger partial charge is 0.506 e. The number of fused-ring (bicyclic) bond motifs is 1. The van der Waals surface area contributed by atoms with Crippen molar-refractivity contribution in [2.45, 2.75) is 52.4 Å². The first-order valence-electron chi connectivity index (χ1n) is 13.7. The minimum atomic E-state index is -0.402. The number of halogens is 1. The van der Waals surface area contributed by atoms with E-state index in [4.69, 9.17) is 26.9 Å². The molecule has 0 amide bonds. The minimum absolute atomic E-state index is 0.119. The second kappa shape index (κ2) is 16.0. The molecule has 4 aromatic carbocycles. The SMILES string of the molecule is CC(C)(C)c1ccc(-c2nc3ccccc3o2)cc1.CC(C)(C)c1ccc(C(=O)Cl)cc1.CN=P.Nc1ccccc1O. The van der Waals surface area contributed by atoms with Gasteiger partial charge in [-0.15, -0.1) is 0 Å². The number of benzene rings is 4. The number of carbonyl (C=O) groups is 1. The number of aromatic hydroxyl groups is 1. The Morgan fingerprint density at radius 1 is 0.814 bits per heavy atom. The van der Waals surface area contributed by atoms with Gasteiger partial charge in [0.05, 0.1) is 5.69 Å². The zero-order valence-electron chi connectivity index (χ0n) is 25.9. The van der Waals surface area contributed by atoms with Gasteiger partial charge in [-0.1, -0.05) is 90.1 Å². The van der Waals surface area contributed by atoms with Crippen LogP contribution in [-0.2, 0) is 10.8 Å². The van der Waals surface area contributed by atoms with Crippen LogP contribution < -0.4 is 5.73 Å². The van der Waals surface area contributed by atoms with Crippen molar-refractivity contribution in [1.29, 1.82) is 0 Å². The van der Waals surface area contributed by atoms with Gasteiger partial charge in [0, 0.05) is 18.2 Å². The summed E-state index contributed by atoms with van der Waals surface area (Å²) >= 11 is 5.33. The zero-order chi connectivity index (χ0) is 32.2. The van der Waals surface area contributed by atoms with Gasteiger partial charge in [0.25, 0.3) is 5.24 Å². The van der Waals surface area contributed by atoms with E-state index in [1.54, 1.807) is 43.4 Å². The molecular weight excluding hydrogens is 577 g/mol. The standard InChI is InChI=1S/C17H17NO.C11H13ClO.C6H7NO.CH4NP/c1-17(2,3)13-10-8-12(9-11-13)16-18-14-6-4-5-7-15(14)19-16;1-11(2,3)9-6-4-8(5-7-9)10(12)13;7-5-3-1-2-4-6(5)8;1-2-3/h4-11H,1-3H3;4-7H,1-3H3;1-4,8H,7H2;3H,1H3. The van der Waals surface area contributed by atoms with Gasteiger partial charge in [-0.3, -0.25) is 9.54 Å². The monoisotopic (exact) mass is 617 g/mol. The maximum absolute atomic E-state index is 10.8. The van der Waals surface area contributed by atoms with Crippen LogP contribution in [0.2, 0.25) is 0 Å². The molecule has 8 heteroatoms. The predicted octanol–water partition coefficient (Wildman–Crippen LogP) is 10.1. The minimum Gasteiger partial charge on any atom is -0.506 e. The molecule has 0 unspecified atom stereocenters. The third kappa shape index (κ3) is 11.3. The summed E-state index contributed by atoms with van der Waals surface area (Å²) in [7, 11) is 4.47.